The molecule has 1 N–H and O–H groups in total. The minimum absolute atomic E-state index is 0.112. The summed E-state index contributed by atoms with van der Waals surface area (Å²) in [4.78, 5) is 37.3. The molecule has 0 spiro atoms. The number of carbonyl (C=O) groups excluding carboxylic acids is 2. The van der Waals surface area contributed by atoms with Gasteiger partial charge in [0.05, 0.1) is 6.26 Å². The predicted molar refractivity (Wildman–Crippen MR) is 101 cm³/mol. The fraction of sp³-hybridized carbons (Fsp3) is 0.474. The molecule has 0 saturated carbocycles. The largest absolute Gasteiger partial charge is 0.459 e. The van der Waals surface area contributed by atoms with Gasteiger partial charge in [-0.2, -0.15) is 0 Å². The highest BCUT2D eigenvalue weighted by Crippen LogP contribution is 2.15. The number of hydrogen-bond donors (Lipinski definition) is 1. The van der Waals surface area contributed by atoms with Crippen molar-refractivity contribution in [2.24, 2.45) is 5.92 Å². The maximum Gasteiger partial charge on any atom is 0.289 e. The van der Waals surface area contributed by atoms with Crippen LogP contribution < -0.4 is 10.2 Å². The zero-order valence-corrected chi connectivity index (χ0v) is 15.9. The third-order valence-corrected chi connectivity index (χ3v) is 4.33. The van der Waals surface area contributed by atoms with Crippen LogP contribution in [0.25, 0.3) is 0 Å². The molecule has 3 heterocycles. The SMILES string of the molecule is Cc1cc(C(=O)NCC(C)C)nc(N2CCN(C(=O)c3ccco3)CC2)n1. The summed E-state index contributed by atoms with van der Waals surface area (Å²) in [6, 6.07) is 5.06. The van der Waals surface area contributed by atoms with Crippen LogP contribution in [0.2, 0.25) is 0 Å². The van der Waals surface area contributed by atoms with Gasteiger partial charge in [0, 0.05) is 38.4 Å². The molecule has 0 aromatic carbocycles. The van der Waals surface area contributed by atoms with E-state index in [2.05, 4.69) is 15.3 Å². The Balaban J connectivity index is 1.65. The maximum atomic E-state index is 12.4. The predicted octanol–water partition coefficient (Wildman–Crippen LogP) is 1.73. The van der Waals surface area contributed by atoms with Crippen molar-refractivity contribution in [3.05, 3.63) is 41.6 Å². The summed E-state index contributed by atoms with van der Waals surface area (Å²) < 4.78 is 5.18. The van der Waals surface area contributed by atoms with E-state index in [9.17, 15) is 9.59 Å². The van der Waals surface area contributed by atoms with Gasteiger partial charge in [-0.15, -0.1) is 0 Å². The summed E-state index contributed by atoms with van der Waals surface area (Å²) in [7, 11) is 0. The van der Waals surface area contributed by atoms with Gasteiger partial charge in [-0.3, -0.25) is 9.59 Å². The fourth-order valence-electron chi connectivity index (χ4n) is 2.86. The molecular weight excluding hydrogens is 346 g/mol. The minimum Gasteiger partial charge on any atom is -0.459 e. The van der Waals surface area contributed by atoms with Gasteiger partial charge >= 0.3 is 0 Å². The van der Waals surface area contributed by atoms with Crippen LogP contribution in [0.1, 0.15) is 40.6 Å². The summed E-state index contributed by atoms with van der Waals surface area (Å²) in [6.45, 7) is 8.83. The fourth-order valence-corrected chi connectivity index (χ4v) is 2.86. The summed E-state index contributed by atoms with van der Waals surface area (Å²) in [5.41, 5.74) is 1.11. The number of amides is 2. The molecule has 0 unspecified atom stereocenters. The summed E-state index contributed by atoms with van der Waals surface area (Å²) in [6.07, 6.45) is 1.50. The molecule has 2 amide bonds. The van der Waals surface area contributed by atoms with E-state index in [1.54, 1.807) is 23.1 Å². The second-order valence-electron chi connectivity index (χ2n) is 7.05. The Kier molecular flexibility index (Phi) is 5.73. The van der Waals surface area contributed by atoms with E-state index >= 15 is 0 Å². The van der Waals surface area contributed by atoms with Crippen molar-refractivity contribution in [1.82, 2.24) is 20.2 Å². The molecule has 27 heavy (non-hydrogen) atoms. The molecule has 1 aliphatic rings. The molecule has 0 aliphatic carbocycles. The normalized spacial score (nSPS) is 14.5. The molecule has 8 nitrogen and oxygen atoms in total. The molecule has 0 bridgehead atoms. The molecule has 0 radical (unpaired) electrons. The molecule has 3 rings (SSSR count). The van der Waals surface area contributed by atoms with E-state index in [4.69, 9.17) is 4.42 Å². The summed E-state index contributed by atoms with van der Waals surface area (Å²) in [5.74, 6) is 0.936. The first-order valence-electron chi connectivity index (χ1n) is 9.15. The van der Waals surface area contributed by atoms with Gasteiger partial charge in [-0.25, -0.2) is 9.97 Å². The van der Waals surface area contributed by atoms with Crippen LogP contribution >= 0.6 is 0 Å². The Hall–Kier alpha value is -2.90. The molecule has 1 saturated heterocycles. The third-order valence-electron chi connectivity index (χ3n) is 4.33. The lowest BCUT2D eigenvalue weighted by Gasteiger charge is -2.34. The van der Waals surface area contributed by atoms with Crippen LogP contribution in [-0.4, -0.2) is 59.4 Å². The molecule has 2 aromatic rings. The van der Waals surface area contributed by atoms with Gasteiger partial charge in [-0.1, -0.05) is 13.8 Å². The standard InChI is InChI=1S/C19H25N5O3/c1-13(2)12-20-17(25)15-11-14(3)21-19(22-15)24-8-6-23(7-9-24)18(26)16-5-4-10-27-16/h4-5,10-11,13H,6-9,12H2,1-3H3,(H,20,25). The Bertz CT molecular complexity index is 796. The second-order valence-corrected chi connectivity index (χ2v) is 7.05. The lowest BCUT2D eigenvalue weighted by atomic mass is 10.2. The number of carbonyl (C=O) groups is 2. The molecular formula is C19H25N5O3. The monoisotopic (exact) mass is 371 g/mol. The first-order chi connectivity index (χ1) is 12.9. The highest BCUT2D eigenvalue weighted by molar-refractivity contribution is 5.93. The minimum atomic E-state index is -0.193. The number of rotatable bonds is 5. The van der Waals surface area contributed by atoms with Crippen LogP contribution in [0.15, 0.2) is 28.9 Å². The van der Waals surface area contributed by atoms with Crippen molar-refractivity contribution in [3.63, 3.8) is 0 Å². The third kappa shape index (κ3) is 4.64. The van der Waals surface area contributed by atoms with Crippen molar-refractivity contribution < 1.29 is 14.0 Å². The molecule has 1 fully saturated rings. The molecule has 8 heteroatoms. The van der Waals surface area contributed by atoms with Crippen molar-refractivity contribution in [3.8, 4) is 0 Å². The first kappa shape index (κ1) is 18.9. The van der Waals surface area contributed by atoms with E-state index in [1.807, 2.05) is 25.7 Å². The van der Waals surface area contributed by atoms with Gasteiger partial charge in [0.15, 0.2) is 5.76 Å². The molecule has 1 aliphatic heterocycles. The van der Waals surface area contributed by atoms with E-state index in [0.29, 0.717) is 56.0 Å². The lowest BCUT2D eigenvalue weighted by Crippen LogP contribution is -2.49. The summed E-state index contributed by atoms with van der Waals surface area (Å²) >= 11 is 0. The van der Waals surface area contributed by atoms with E-state index < -0.39 is 0 Å². The van der Waals surface area contributed by atoms with Crippen molar-refractivity contribution in [1.29, 1.82) is 0 Å². The van der Waals surface area contributed by atoms with E-state index in [1.165, 1.54) is 6.26 Å². The van der Waals surface area contributed by atoms with Gasteiger partial charge in [0.25, 0.3) is 11.8 Å². The van der Waals surface area contributed by atoms with Crippen molar-refractivity contribution >= 4 is 17.8 Å². The zero-order chi connectivity index (χ0) is 19.4. The first-order valence-corrected chi connectivity index (χ1v) is 9.15. The van der Waals surface area contributed by atoms with Crippen molar-refractivity contribution in [2.75, 3.05) is 37.6 Å². The van der Waals surface area contributed by atoms with Crippen LogP contribution in [0, 0.1) is 12.8 Å². The van der Waals surface area contributed by atoms with Gasteiger partial charge < -0.3 is 19.5 Å². The number of piperazine rings is 1. The Morgan fingerprint density at radius 1 is 1.22 bits per heavy atom. The highest BCUT2D eigenvalue weighted by atomic mass is 16.3. The van der Waals surface area contributed by atoms with E-state index in [-0.39, 0.29) is 11.8 Å². The average molecular weight is 371 g/mol. The number of aryl methyl sites for hydroxylation is 1. The van der Waals surface area contributed by atoms with Crippen LogP contribution in [0.3, 0.4) is 0 Å². The van der Waals surface area contributed by atoms with Gasteiger partial charge in [0.1, 0.15) is 5.69 Å². The number of anilines is 1. The number of aromatic nitrogens is 2. The second kappa shape index (κ2) is 8.20. The lowest BCUT2D eigenvalue weighted by molar-refractivity contribution is 0.0714. The summed E-state index contributed by atoms with van der Waals surface area (Å²) in [5, 5.41) is 2.88. The number of nitrogens with one attached hydrogen (secondary N) is 1. The topological polar surface area (TPSA) is 91.6 Å². The molecule has 144 valence electrons. The van der Waals surface area contributed by atoms with Gasteiger partial charge in [0.2, 0.25) is 5.95 Å². The maximum absolute atomic E-state index is 12.4. The quantitative estimate of drug-likeness (QED) is 0.861. The van der Waals surface area contributed by atoms with E-state index in [0.717, 1.165) is 5.69 Å². The zero-order valence-electron chi connectivity index (χ0n) is 15.9. The Labute approximate surface area is 158 Å². The Morgan fingerprint density at radius 2 is 1.96 bits per heavy atom. The molecule has 2 aromatic heterocycles. The molecule has 0 atom stereocenters. The van der Waals surface area contributed by atoms with Crippen molar-refractivity contribution in [2.45, 2.75) is 20.8 Å². The Morgan fingerprint density at radius 3 is 2.59 bits per heavy atom. The number of furan rings is 1. The van der Waals surface area contributed by atoms with Crippen LogP contribution in [0.4, 0.5) is 5.95 Å². The number of nitrogens with zero attached hydrogens (tertiary/aromatic N) is 4. The smallest absolute Gasteiger partial charge is 0.289 e. The van der Waals surface area contributed by atoms with Gasteiger partial charge in [-0.05, 0) is 31.0 Å². The highest BCUT2D eigenvalue weighted by Gasteiger charge is 2.25. The van der Waals surface area contributed by atoms with Crippen LogP contribution in [-0.2, 0) is 0 Å². The average Bonchev–Trinajstić information content (AvgIpc) is 3.20. The number of hydrogen-bond acceptors (Lipinski definition) is 6. The van der Waals surface area contributed by atoms with Crippen LogP contribution in [0.5, 0.6) is 0 Å².